The highest BCUT2D eigenvalue weighted by atomic mass is 32.2. The molecule has 0 spiro atoms. The third kappa shape index (κ3) is 6.90. The molecule has 1 saturated heterocycles. The lowest BCUT2D eigenvalue weighted by Gasteiger charge is -2.31. The molecule has 2 heterocycles. The monoisotopic (exact) mass is 560 g/mol. The van der Waals surface area contributed by atoms with Crippen LogP contribution in [0.1, 0.15) is 45.6 Å². The van der Waals surface area contributed by atoms with Crippen LogP contribution < -0.4 is 5.32 Å². The molecule has 0 bridgehead atoms. The summed E-state index contributed by atoms with van der Waals surface area (Å²) in [6.07, 6.45) is 3.14. The molecule has 1 unspecified atom stereocenters. The van der Waals surface area contributed by atoms with Gasteiger partial charge in [0, 0.05) is 23.0 Å². The Kier molecular flexibility index (Phi) is 9.05. The number of nitrogens with one attached hydrogen (secondary N) is 1. The van der Waals surface area contributed by atoms with E-state index >= 15 is 0 Å². The minimum absolute atomic E-state index is 0.217. The molecule has 4 rings (SSSR count). The van der Waals surface area contributed by atoms with Crippen molar-refractivity contribution >= 4 is 44.9 Å². The Morgan fingerprint density at radius 2 is 1.76 bits per heavy atom. The highest BCUT2D eigenvalue weighted by Crippen LogP contribution is 2.47. The molecule has 10 heteroatoms. The van der Waals surface area contributed by atoms with Crippen molar-refractivity contribution in [1.29, 1.82) is 0 Å². The second kappa shape index (κ2) is 12.1. The van der Waals surface area contributed by atoms with Crippen LogP contribution >= 0.6 is 11.8 Å². The molecule has 0 radical (unpaired) electrons. The highest BCUT2D eigenvalue weighted by molar-refractivity contribution is 7.99. The van der Waals surface area contributed by atoms with Gasteiger partial charge in [-0.25, -0.2) is 8.42 Å². The van der Waals surface area contributed by atoms with Gasteiger partial charge in [0.05, 0.1) is 28.1 Å². The molecule has 2 aromatic rings. The maximum atomic E-state index is 12.6. The molecular formula is C28H36N2O6S2. The zero-order valence-corrected chi connectivity index (χ0v) is 24.0. The Balaban J connectivity index is 1.33. The number of hydrogen-bond donors (Lipinski definition) is 1. The summed E-state index contributed by atoms with van der Waals surface area (Å²) in [6, 6.07) is 11.6. The standard InChI is InChI=1S/C28H36N2O6S2/c1-18(2)27(31)35-19(3)36-28(32)20-13-16-30(17-14-20)15-7-8-21-25(38(4,33)34)12-11-24-26(21)29-22-9-5-6-10-23(22)37-24/h5-6,9-12,18-20,29H,7-8,13-17H2,1-4H3. The van der Waals surface area contributed by atoms with Crippen LogP contribution in [0.5, 0.6) is 0 Å². The third-order valence-corrected chi connectivity index (χ3v) is 9.17. The number of hydrogen-bond acceptors (Lipinski definition) is 9. The van der Waals surface area contributed by atoms with Crippen molar-refractivity contribution < 1.29 is 27.5 Å². The predicted molar refractivity (Wildman–Crippen MR) is 147 cm³/mol. The number of para-hydroxylation sites is 1. The lowest BCUT2D eigenvalue weighted by atomic mass is 9.96. The van der Waals surface area contributed by atoms with E-state index in [2.05, 4.69) is 16.3 Å². The molecule has 0 saturated carbocycles. The van der Waals surface area contributed by atoms with Crippen LogP contribution in [0, 0.1) is 11.8 Å². The van der Waals surface area contributed by atoms with Gasteiger partial charge >= 0.3 is 11.9 Å². The van der Waals surface area contributed by atoms with E-state index in [-0.39, 0.29) is 17.8 Å². The largest absolute Gasteiger partial charge is 0.425 e. The quantitative estimate of drug-likeness (QED) is 0.285. The first-order valence-corrected chi connectivity index (χ1v) is 15.8. The Morgan fingerprint density at radius 1 is 1.05 bits per heavy atom. The number of carbonyl (C=O) groups is 2. The molecule has 2 aromatic carbocycles. The molecule has 1 fully saturated rings. The fourth-order valence-electron chi connectivity index (χ4n) is 4.79. The van der Waals surface area contributed by atoms with Gasteiger partial charge in [0.1, 0.15) is 0 Å². The highest BCUT2D eigenvalue weighted by Gasteiger charge is 2.29. The zero-order chi connectivity index (χ0) is 27.4. The minimum atomic E-state index is -3.38. The topological polar surface area (TPSA) is 102 Å². The van der Waals surface area contributed by atoms with E-state index in [4.69, 9.17) is 9.47 Å². The van der Waals surface area contributed by atoms with Gasteiger partial charge in [-0.15, -0.1) is 0 Å². The van der Waals surface area contributed by atoms with E-state index in [0.717, 1.165) is 52.8 Å². The first-order chi connectivity index (χ1) is 18.0. The van der Waals surface area contributed by atoms with Gasteiger partial charge in [0.25, 0.3) is 0 Å². The summed E-state index contributed by atoms with van der Waals surface area (Å²) in [5.41, 5.74) is 2.69. The van der Waals surface area contributed by atoms with E-state index in [9.17, 15) is 18.0 Å². The summed E-state index contributed by atoms with van der Waals surface area (Å²) in [5.74, 6) is -1.21. The smallest absolute Gasteiger partial charge is 0.312 e. The van der Waals surface area contributed by atoms with Crippen molar-refractivity contribution in [2.24, 2.45) is 11.8 Å². The third-order valence-electron chi connectivity index (χ3n) is 6.86. The summed E-state index contributed by atoms with van der Waals surface area (Å²) in [4.78, 5) is 29.1. The Bertz CT molecular complexity index is 1290. The molecule has 0 amide bonds. The molecule has 38 heavy (non-hydrogen) atoms. The summed E-state index contributed by atoms with van der Waals surface area (Å²) < 4.78 is 35.7. The summed E-state index contributed by atoms with van der Waals surface area (Å²) in [5, 5.41) is 3.48. The number of likely N-dealkylation sites (tertiary alicyclic amines) is 1. The number of carbonyl (C=O) groups excluding carboxylic acids is 2. The average molecular weight is 561 g/mol. The number of rotatable bonds is 9. The Labute approximate surface area is 229 Å². The Morgan fingerprint density at radius 3 is 2.45 bits per heavy atom. The van der Waals surface area contributed by atoms with Gasteiger partial charge in [0.15, 0.2) is 9.84 Å². The van der Waals surface area contributed by atoms with Crippen LogP contribution in [0.3, 0.4) is 0 Å². The van der Waals surface area contributed by atoms with Crippen molar-refractivity contribution in [3.8, 4) is 0 Å². The first kappa shape index (κ1) is 28.4. The van der Waals surface area contributed by atoms with Crippen LogP contribution in [0.2, 0.25) is 0 Å². The number of ether oxygens (including phenoxy) is 2. The van der Waals surface area contributed by atoms with Crippen molar-refractivity contribution in [3.63, 3.8) is 0 Å². The van der Waals surface area contributed by atoms with E-state index in [1.54, 1.807) is 38.6 Å². The zero-order valence-electron chi connectivity index (χ0n) is 22.4. The van der Waals surface area contributed by atoms with Crippen LogP contribution in [0.4, 0.5) is 11.4 Å². The van der Waals surface area contributed by atoms with Crippen molar-refractivity contribution in [3.05, 3.63) is 42.0 Å². The molecule has 2 aliphatic heterocycles. The Hall–Kier alpha value is -2.56. The lowest BCUT2D eigenvalue weighted by molar-refractivity contribution is -0.190. The predicted octanol–water partition coefficient (Wildman–Crippen LogP) is 5.03. The lowest BCUT2D eigenvalue weighted by Crippen LogP contribution is -2.38. The van der Waals surface area contributed by atoms with Crippen molar-refractivity contribution in [2.75, 3.05) is 31.2 Å². The van der Waals surface area contributed by atoms with Crippen LogP contribution in [-0.2, 0) is 35.3 Å². The number of nitrogens with zero attached hydrogens (tertiary/aromatic N) is 1. The number of sulfone groups is 1. The molecule has 1 atom stereocenters. The molecule has 2 aliphatic rings. The maximum Gasteiger partial charge on any atom is 0.312 e. The minimum Gasteiger partial charge on any atom is -0.425 e. The molecule has 206 valence electrons. The van der Waals surface area contributed by atoms with E-state index in [1.807, 2.05) is 24.3 Å². The van der Waals surface area contributed by atoms with Gasteiger partial charge in [-0.1, -0.05) is 37.7 Å². The SMILES string of the molecule is CC(OC(=O)C(C)C)OC(=O)C1CCN(CCCc2c(S(C)(=O)=O)ccc3c2Nc2ccccc2S3)CC1. The fourth-order valence-corrected chi connectivity index (χ4v) is 6.78. The van der Waals surface area contributed by atoms with Gasteiger partial charge in [-0.05, 0) is 75.1 Å². The van der Waals surface area contributed by atoms with Crippen LogP contribution in [0.25, 0.3) is 0 Å². The van der Waals surface area contributed by atoms with Crippen LogP contribution in [0.15, 0.2) is 51.1 Å². The number of piperidine rings is 1. The molecular weight excluding hydrogens is 524 g/mol. The average Bonchev–Trinajstić information content (AvgIpc) is 2.87. The summed E-state index contributed by atoms with van der Waals surface area (Å²) in [6.45, 7) is 7.35. The molecule has 0 aromatic heterocycles. The maximum absolute atomic E-state index is 12.6. The van der Waals surface area contributed by atoms with Gasteiger partial charge in [-0.2, -0.15) is 0 Å². The normalized spacial score (nSPS) is 16.8. The number of esters is 2. The number of benzene rings is 2. The summed E-state index contributed by atoms with van der Waals surface area (Å²) >= 11 is 1.65. The van der Waals surface area contributed by atoms with Gasteiger partial charge < -0.3 is 19.7 Å². The second-order valence-corrected chi connectivity index (χ2v) is 13.3. The van der Waals surface area contributed by atoms with E-state index in [1.165, 1.54) is 6.26 Å². The summed E-state index contributed by atoms with van der Waals surface area (Å²) in [7, 11) is -3.38. The molecule has 1 N–H and O–H groups in total. The fraction of sp³-hybridized carbons (Fsp3) is 0.500. The van der Waals surface area contributed by atoms with Crippen LogP contribution in [-0.4, -0.2) is 57.4 Å². The van der Waals surface area contributed by atoms with E-state index < -0.39 is 22.1 Å². The molecule has 0 aliphatic carbocycles. The van der Waals surface area contributed by atoms with Crippen molar-refractivity contribution in [2.45, 2.75) is 67.4 Å². The van der Waals surface area contributed by atoms with Gasteiger partial charge in [0.2, 0.25) is 6.29 Å². The second-order valence-electron chi connectivity index (χ2n) is 10.2. The van der Waals surface area contributed by atoms with Gasteiger partial charge in [-0.3, -0.25) is 9.59 Å². The van der Waals surface area contributed by atoms with E-state index in [0.29, 0.717) is 24.2 Å². The first-order valence-electron chi connectivity index (χ1n) is 13.1. The number of anilines is 2. The van der Waals surface area contributed by atoms with Crippen molar-refractivity contribution in [1.82, 2.24) is 4.90 Å². The molecule has 8 nitrogen and oxygen atoms in total. The number of fused-ring (bicyclic) bond motifs is 2.